The molecule has 3 aromatic carbocycles. The van der Waals surface area contributed by atoms with Gasteiger partial charge in [-0.2, -0.15) is 0 Å². The van der Waals surface area contributed by atoms with Crippen LogP contribution in [0.25, 0.3) is 0 Å². The minimum atomic E-state index is -0.724. The van der Waals surface area contributed by atoms with Crippen molar-refractivity contribution in [3.05, 3.63) is 98.5 Å². The van der Waals surface area contributed by atoms with Gasteiger partial charge in [0.05, 0.1) is 5.69 Å². The van der Waals surface area contributed by atoms with E-state index >= 15 is 0 Å². The summed E-state index contributed by atoms with van der Waals surface area (Å²) in [4.78, 5) is 38.8. The number of carbonyl (C=O) groups is 3. The summed E-state index contributed by atoms with van der Waals surface area (Å²) in [7, 11) is 0. The van der Waals surface area contributed by atoms with Crippen molar-refractivity contribution in [2.75, 3.05) is 15.5 Å². The molecule has 9 heteroatoms. The summed E-state index contributed by atoms with van der Waals surface area (Å²) in [5.41, 5.74) is 1.46. The molecule has 0 fully saturated rings. The third-order valence-corrected chi connectivity index (χ3v) is 5.68. The van der Waals surface area contributed by atoms with Crippen LogP contribution < -0.4 is 15.5 Å². The second-order valence-corrected chi connectivity index (χ2v) is 8.40. The minimum absolute atomic E-state index is 0.129. The van der Waals surface area contributed by atoms with Crippen LogP contribution in [0.2, 0.25) is 0 Å². The first-order valence-corrected chi connectivity index (χ1v) is 10.8. The van der Waals surface area contributed by atoms with Crippen LogP contribution in [-0.4, -0.2) is 17.7 Å². The second kappa shape index (κ2) is 9.09. The van der Waals surface area contributed by atoms with Crippen molar-refractivity contribution in [3.63, 3.8) is 0 Å². The number of benzene rings is 3. The molecular formula is C23H14ClFIN3O3. The average Bonchev–Trinajstić information content (AvgIpc) is 2.99. The first kappa shape index (κ1) is 22.0. The first-order chi connectivity index (χ1) is 15.3. The van der Waals surface area contributed by atoms with E-state index in [9.17, 15) is 18.8 Å². The van der Waals surface area contributed by atoms with E-state index in [2.05, 4.69) is 33.2 Å². The molecule has 4 rings (SSSR count). The molecule has 6 nitrogen and oxygen atoms in total. The van der Waals surface area contributed by atoms with Gasteiger partial charge in [-0.3, -0.25) is 14.4 Å². The van der Waals surface area contributed by atoms with Gasteiger partial charge in [0.15, 0.2) is 0 Å². The lowest BCUT2D eigenvalue weighted by atomic mass is 10.1. The Morgan fingerprint density at radius 1 is 0.906 bits per heavy atom. The standard InChI is InChI=1S/C23H14ClFIN3O3/c24-19-20(23(32)29(22(19)31)18-10-4-14(25)5-11-18)27-17-3-1-2-13(12-17)21(30)28-16-8-6-15(26)7-9-16/h1-12,27H,(H,28,30). The summed E-state index contributed by atoms with van der Waals surface area (Å²) in [6.07, 6.45) is 0. The van der Waals surface area contributed by atoms with Crippen LogP contribution in [-0.2, 0) is 9.59 Å². The third-order valence-electron chi connectivity index (χ3n) is 4.61. The summed E-state index contributed by atoms with van der Waals surface area (Å²) >= 11 is 8.30. The molecule has 32 heavy (non-hydrogen) atoms. The molecule has 0 bridgehead atoms. The molecule has 0 aliphatic carbocycles. The number of nitrogens with zero attached hydrogens (tertiary/aromatic N) is 1. The molecule has 0 unspecified atom stereocenters. The maximum absolute atomic E-state index is 13.2. The maximum Gasteiger partial charge on any atom is 0.283 e. The molecule has 0 saturated heterocycles. The molecule has 1 aliphatic rings. The van der Waals surface area contributed by atoms with E-state index in [0.29, 0.717) is 16.9 Å². The van der Waals surface area contributed by atoms with Gasteiger partial charge in [0.25, 0.3) is 17.7 Å². The van der Waals surface area contributed by atoms with E-state index in [1.54, 1.807) is 30.3 Å². The number of anilines is 3. The second-order valence-electron chi connectivity index (χ2n) is 6.78. The van der Waals surface area contributed by atoms with E-state index in [-0.39, 0.29) is 22.3 Å². The normalized spacial score (nSPS) is 13.5. The molecule has 0 saturated carbocycles. The largest absolute Gasteiger partial charge is 0.350 e. The number of nitrogens with one attached hydrogen (secondary N) is 2. The highest BCUT2D eigenvalue weighted by Crippen LogP contribution is 2.30. The van der Waals surface area contributed by atoms with Crippen LogP contribution >= 0.6 is 34.2 Å². The summed E-state index contributed by atoms with van der Waals surface area (Å²) in [5.74, 6) is -2.24. The number of carbonyl (C=O) groups excluding carboxylic acids is 3. The Hall–Kier alpha value is -3.24. The highest BCUT2D eigenvalue weighted by Gasteiger charge is 2.39. The Morgan fingerprint density at radius 2 is 1.59 bits per heavy atom. The summed E-state index contributed by atoms with van der Waals surface area (Å²) in [6, 6.07) is 18.7. The van der Waals surface area contributed by atoms with Crippen molar-refractivity contribution in [3.8, 4) is 0 Å². The number of amides is 3. The van der Waals surface area contributed by atoms with E-state index in [1.165, 1.54) is 18.2 Å². The Kier molecular flexibility index (Phi) is 6.24. The van der Waals surface area contributed by atoms with Crippen LogP contribution in [0.4, 0.5) is 21.5 Å². The molecule has 160 valence electrons. The van der Waals surface area contributed by atoms with E-state index in [0.717, 1.165) is 20.6 Å². The van der Waals surface area contributed by atoms with E-state index < -0.39 is 17.6 Å². The first-order valence-electron chi connectivity index (χ1n) is 9.31. The van der Waals surface area contributed by atoms with Crippen molar-refractivity contribution in [1.29, 1.82) is 0 Å². The predicted molar refractivity (Wildman–Crippen MR) is 129 cm³/mol. The summed E-state index contributed by atoms with van der Waals surface area (Å²) < 4.78 is 14.2. The molecule has 3 amide bonds. The van der Waals surface area contributed by atoms with Crippen LogP contribution in [0.3, 0.4) is 0 Å². The fourth-order valence-corrected chi connectivity index (χ4v) is 3.63. The summed E-state index contributed by atoms with van der Waals surface area (Å²) in [6.45, 7) is 0. The predicted octanol–water partition coefficient (Wildman–Crippen LogP) is 5.12. The lowest BCUT2D eigenvalue weighted by molar-refractivity contribution is -0.120. The van der Waals surface area contributed by atoms with Crippen molar-refractivity contribution < 1.29 is 18.8 Å². The van der Waals surface area contributed by atoms with Crippen molar-refractivity contribution >= 4 is 69.0 Å². The molecule has 2 N–H and O–H groups in total. The molecule has 3 aromatic rings. The molecule has 0 spiro atoms. The topological polar surface area (TPSA) is 78.5 Å². The monoisotopic (exact) mass is 561 g/mol. The molecule has 1 heterocycles. The number of imide groups is 1. The third kappa shape index (κ3) is 4.51. The lowest BCUT2D eigenvalue weighted by Crippen LogP contribution is -2.32. The molecular weight excluding hydrogens is 548 g/mol. The van der Waals surface area contributed by atoms with Crippen molar-refractivity contribution in [1.82, 2.24) is 0 Å². The Bertz CT molecular complexity index is 1260. The van der Waals surface area contributed by atoms with Crippen LogP contribution in [0.15, 0.2) is 83.5 Å². The van der Waals surface area contributed by atoms with Crippen LogP contribution in [0, 0.1) is 9.39 Å². The minimum Gasteiger partial charge on any atom is -0.350 e. The zero-order valence-corrected chi connectivity index (χ0v) is 19.1. The fourth-order valence-electron chi connectivity index (χ4n) is 3.06. The average molecular weight is 562 g/mol. The number of halogens is 3. The Labute approximate surface area is 201 Å². The van der Waals surface area contributed by atoms with Crippen molar-refractivity contribution in [2.45, 2.75) is 0 Å². The van der Waals surface area contributed by atoms with Gasteiger partial charge >= 0.3 is 0 Å². The fraction of sp³-hybridized carbons (Fsp3) is 0. The highest BCUT2D eigenvalue weighted by atomic mass is 127. The van der Waals surface area contributed by atoms with E-state index in [4.69, 9.17) is 11.6 Å². The molecule has 0 atom stereocenters. The Morgan fingerprint density at radius 3 is 2.28 bits per heavy atom. The lowest BCUT2D eigenvalue weighted by Gasteiger charge is -2.15. The van der Waals surface area contributed by atoms with Crippen LogP contribution in [0.5, 0.6) is 0 Å². The van der Waals surface area contributed by atoms with Gasteiger partial charge < -0.3 is 10.6 Å². The molecule has 0 radical (unpaired) electrons. The van der Waals surface area contributed by atoms with Gasteiger partial charge in [-0.15, -0.1) is 0 Å². The zero-order valence-electron chi connectivity index (χ0n) is 16.2. The number of hydrogen-bond donors (Lipinski definition) is 2. The van der Waals surface area contributed by atoms with Gasteiger partial charge in [-0.25, -0.2) is 9.29 Å². The SMILES string of the molecule is O=C(Nc1ccc(I)cc1)c1cccc(NC2=C(Cl)C(=O)N(c3ccc(F)cc3)C2=O)c1. The number of hydrogen-bond acceptors (Lipinski definition) is 4. The van der Waals surface area contributed by atoms with Gasteiger partial charge in [-0.1, -0.05) is 17.7 Å². The van der Waals surface area contributed by atoms with Gasteiger partial charge in [-0.05, 0) is 89.3 Å². The van der Waals surface area contributed by atoms with Gasteiger partial charge in [0.2, 0.25) is 0 Å². The number of rotatable bonds is 5. The molecule has 0 aromatic heterocycles. The smallest absolute Gasteiger partial charge is 0.283 e. The van der Waals surface area contributed by atoms with Gasteiger partial charge in [0, 0.05) is 20.5 Å². The Balaban J connectivity index is 1.53. The maximum atomic E-state index is 13.2. The zero-order chi connectivity index (χ0) is 22.8. The van der Waals surface area contributed by atoms with Gasteiger partial charge in [0.1, 0.15) is 16.5 Å². The molecule has 1 aliphatic heterocycles. The van der Waals surface area contributed by atoms with Crippen molar-refractivity contribution in [2.24, 2.45) is 0 Å². The van der Waals surface area contributed by atoms with E-state index in [1.807, 2.05) is 12.1 Å². The van der Waals surface area contributed by atoms with Crippen LogP contribution in [0.1, 0.15) is 10.4 Å². The summed E-state index contributed by atoms with van der Waals surface area (Å²) in [5, 5.41) is 5.33. The highest BCUT2D eigenvalue weighted by molar-refractivity contribution is 14.1. The quantitative estimate of drug-likeness (QED) is 0.335.